The Labute approximate surface area is 161 Å². The van der Waals surface area contributed by atoms with Crippen LogP contribution in [0, 0.1) is 11.3 Å². The van der Waals surface area contributed by atoms with Crippen molar-refractivity contribution < 1.29 is 14.3 Å². The summed E-state index contributed by atoms with van der Waals surface area (Å²) in [5.74, 6) is 0.197. The molecule has 0 N–H and O–H groups in total. The molecule has 0 aliphatic rings. The Hall–Kier alpha value is -2.78. The first-order valence-corrected chi connectivity index (χ1v) is 8.62. The van der Waals surface area contributed by atoms with Crippen molar-refractivity contribution in [3.8, 4) is 11.8 Å². The predicted molar refractivity (Wildman–Crippen MR) is 104 cm³/mol. The minimum Gasteiger partial charge on any atom is -0.497 e. The summed E-state index contributed by atoms with van der Waals surface area (Å²) < 4.78 is 10.8. The molecule has 2 rings (SSSR count). The molecule has 0 aliphatic carbocycles. The Morgan fingerprint density at radius 3 is 2.42 bits per heavy atom. The molecule has 134 valence electrons. The zero-order valence-corrected chi connectivity index (χ0v) is 16.2. The van der Waals surface area contributed by atoms with Crippen molar-refractivity contribution in [1.82, 2.24) is 0 Å². The first-order chi connectivity index (χ1) is 12.5. The highest BCUT2D eigenvalue weighted by atomic mass is 79.9. The van der Waals surface area contributed by atoms with Gasteiger partial charge in [0, 0.05) is 21.3 Å². The third kappa shape index (κ3) is 4.44. The van der Waals surface area contributed by atoms with Crippen molar-refractivity contribution >= 4 is 27.6 Å². The number of benzene rings is 2. The van der Waals surface area contributed by atoms with Gasteiger partial charge in [0.25, 0.3) is 0 Å². The van der Waals surface area contributed by atoms with Crippen molar-refractivity contribution in [2.24, 2.45) is 0 Å². The lowest BCUT2D eigenvalue weighted by Crippen LogP contribution is -2.32. The van der Waals surface area contributed by atoms with Crippen LogP contribution in [0.3, 0.4) is 0 Å². The van der Waals surface area contributed by atoms with Crippen molar-refractivity contribution in [3.05, 3.63) is 70.7 Å². The molecule has 0 radical (unpaired) electrons. The average Bonchev–Trinajstić information content (AvgIpc) is 2.68. The molecule has 5 nitrogen and oxygen atoms in total. The molecule has 0 amide bonds. The van der Waals surface area contributed by atoms with Gasteiger partial charge in [0.1, 0.15) is 11.8 Å². The number of rotatable bonds is 7. The van der Waals surface area contributed by atoms with E-state index in [1.54, 1.807) is 24.1 Å². The van der Waals surface area contributed by atoms with Crippen LogP contribution in [-0.2, 0) is 9.53 Å². The van der Waals surface area contributed by atoms with Crippen molar-refractivity contribution in [2.45, 2.75) is 6.04 Å². The zero-order chi connectivity index (χ0) is 19.1. The van der Waals surface area contributed by atoms with Gasteiger partial charge < -0.3 is 14.4 Å². The molecule has 0 aromatic heterocycles. The van der Waals surface area contributed by atoms with Gasteiger partial charge in [-0.1, -0.05) is 40.7 Å². The molecule has 1 atom stereocenters. The number of carbonyl (C=O) groups excluding carboxylic acids is 1. The number of halogens is 1. The van der Waals surface area contributed by atoms with Gasteiger partial charge in [-0.05, 0) is 30.3 Å². The van der Waals surface area contributed by atoms with E-state index >= 15 is 0 Å². The summed E-state index contributed by atoms with van der Waals surface area (Å²) in [7, 11) is 2.89. The second-order valence-corrected chi connectivity index (χ2v) is 6.33. The summed E-state index contributed by atoms with van der Waals surface area (Å²) in [5.41, 5.74) is 1.82. The lowest BCUT2D eigenvalue weighted by atomic mass is 10.0. The van der Waals surface area contributed by atoms with Crippen LogP contribution in [0.15, 0.2) is 65.2 Å². The Bertz CT molecular complexity index is 828. The van der Waals surface area contributed by atoms with Crippen LogP contribution in [0.2, 0.25) is 0 Å². The fourth-order valence-corrected chi connectivity index (χ4v) is 3.03. The summed E-state index contributed by atoms with van der Waals surface area (Å²) in [6.45, 7) is 3.95. The van der Waals surface area contributed by atoms with E-state index in [1.807, 2.05) is 36.4 Å². The van der Waals surface area contributed by atoms with Crippen LogP contribution in [0.5, 0.6) is 5.75 Å². The molecule has 0 saturated carbocycles. The third-order valence-electron chi connectivity index (χ3n) is 3.87. The van der Waals surface area contributed by atoms with E-state index in [-0.39, 0.29) is 12.1 Å². The molecule has 0 bridgehead atoms. The fourth-order valence-electron chi connectivity index (χ4n) is 2.52. The summed E-state index contributed by atoms with van der Waals surface area (Å²) in [6.07, 6.45) is 0. The quantitative estimate of drug-likeness (QED) is 0.500. The van der Waals surface area contributed by atoms with Gasteiger partial charge in [-0.15, -0.1) is 0 Å². The molecular weight excluding hydrogens is 396 g/mol. The number of methoxy groups -OCH3 is 2. The summed E-state index contributed by atoms with van der Waals surface area (Å²) in [4.78, 5) is 13.6. The molecule has 26 heavy (non-hydrogen) atoms. The Kier molecular flexibility index (Phi) is 6.81. The number of carbonyl (C=O) groups is 1. The second-order valence-electron chi connectivity index (χ2n) is 5.47. The lowest BCUT2D eigenvalue weighted by molar-refractivity contribution is -0.136. The molecule has 0 heterocycles. The highest BCUT2D eigenvalue weighted by Crippen LogP contribution is 2.32. The van der Waals surface area contributed by atoms with Gasteiger partial charge in [0.05, 0.1) is 26.8 Å². The monoisotopic (exact) mass is 414 g/mol. The van der Waals surface area contributed by atoms with E-state index in [9.17, 15) is 10.1 Å². The molecular formula is C20H19BrN2O3. The smallest absolute Gasteiger partial charge is 0.334 e. The molecule has 0 saturated heterocycles. The van der Waals surface area contributed by atoms with Crippen LogP contribution in [-0.4, -0.2) is 26.7 Å². The van der Waals surface area contributed by atoms with Crippen molar-refractivity contribution in [3.63, 3.8) is 0 Å². The van der Waals surface area contributed by atoms with Crippen LogP contribution in [0.1, 0.15) is 11.6 Å². The molecule has 0 spiro atoms. The number of ether oxygens (including phenoxy) is 2. The predicted octanol–water partition coefficient (Wildman–Crippen LogP) is 4.26. The maximum atomic E-state index is 11.8. The molecule has 6 heteroatoms. The minimum atomic E-state index is -0.625. The van der Waals surface area contributed by atoms with E-state index in [4.69, 9.17) is 9.47 Å². The molecule has 0 fully saturated rings. The van der Waals surface area contributed by atoms with E-state index < -0.39 is 12.0 Å². The fraction of sp³-hybridized carbons (Fsp3) is 0.200. The van der Waals surface area contributed by atoms with Gasteiger partial charge >= 0.3 is 5.97 Å². The topological polar surface area (TPSA) is 62.6 Å². The van der Waals surface area contributed by atoms with E-state index in [1.165, 1.54) is 7.11 Å². The van der Waals surface area contributed by atoms with Gasteiger partial charge in [0.15, 0.2) is 0 Å². The van der Waals surface area contributed by atoms with Crippen LogP contribution < -0.4 is 9.64 Å². The molecule has 1 unspecified atom stereocenters. The van der Waals surface area contributed by atoms with E-state index in [0.29, 0.717) is 5.75 Å². The summed E-state index contributed by atoms with van der Waals surface area (Å²) in [5, 5.41) is 9.86. The number of hydrogen-bond donors (Lipinski definition) is 0. The normalized spacial score (nSPS) is 11.2. The maximum absolute atomic E-state index is 11.8. The Morgan fingerprint density at radius 1 is 1.23 bits per heavy atom. The SMILES string of the molecule is C=C(CN(c1ccc(OC)cc1)C(C#N)c1ccccc1Br)C(=O)OC. The first kappa shape index (κ1) is 19.5. The van der Waals surface area contributed by atoms with Gasteiger partial charge in [0.2, 0.25) is 0 Å². The second kappa shape index (κ2) is 9.07. The van der Waals surface area contributed by atoms with Gasteiger partial charge in [-0.3, -0.25) is 0 Å². The number of nitriles is 1. The van der Waals surface area contributed by atoms with Crippen LogP contribution in [0.4, 0.5) is 5.69 Å². The number of hydrogen-bond acceptors (Lipinski definition) is 5. The van der Waals surface area contributed by atoms with Gasteiger partial charge in [-0.25, -0.2) is 4.79 Å². The lowest BCUT2D eigenvalue weighted by Gasteiger charge is -2.30. The average molecular weight is 415 g/mol. The molecule has 2 aromatic rings. The molecule has 0 aliphatic heterocycles. The van der Waals surface area contributed by atoms with Gasteiger partial charge in [-0.2, -0.15) is 5.26 Å². The summed E-state index contributed by atoms with van der Waals surface area (Å²) >= 11 is 3.50. The Balaban J connectivity index is 2.47. The molecule has 2 aromatic carbocycles. The Morgan fingerprint density at radius 2 is 1.88 bits per heavy atom. The minimum absolute atomic E-state index is 0.151. The van der Waals surface area contributed by atoms with Crippen molar-refractivity contribution in [1.29, 1.82) is 5.26 Å². The van der Waals surface area contributed by atoms with Crippen LogP contribution in [0.25, 0.3) is 0 Å². The largest absolute Gasteiger partial charge is 0.497 e. The zero-order valence-electron chi connectivity index (χ0n) is 14.6. The maximum Gasteiger partial charge on any atom is 0.334 e. The number of nitrogens with zero attached hydrogens (tertiary/aromatic N) is 2. The van der Waals surface area contributed by atoms with E-state index in [0.717, 1.165) is 15.7 Å². The highest BCUT2D eigenvalue weighted by molar-refractivity contribution is 9.10. The third-order valence-corrected chi connectivity index (χ3v) is 4.60. The number of esters is 1. The first-order valence-electron chi connectivity index (χ1n) is 7.82. The van der Waals surface area contributed by atoms with Crippen LogP contribution >= 0.6 is 15.9 Å². The number of anilines is 1. The van der Waals surface area contributed by atoms with Crippen molar-refractivity contribution in [2.75, 3.05) is 25.7 Å². The highest BCUT2D eigenvalue weighted by Gasteiger charge is 2.25. The van der Waals surface area contributed by atoms with E-state index in [2.05, 4.69) is 28.6 Å². The standard InChI is InChI=1S/C20H19BrN2O3/c1-14(20(24)26-3)13-23(15-8-10-16(25-2)11-9-15)19(12-22)17-6-4-5-7-18(17)21/h4-11,19H,1,13H2,2-3H3. The summed E-state index contributed by atoms with van der Waals surface area (Å²) in [6, 6.07) is 16.5.